The summed E-state index contributed by atoms with van der Waals surface area (Å²) >= 11 is 0. The van der Waals surface area contributed by atoms with Crippen LogP contribution in [0.5, 0.6) is 5.75 Å². The van der Waals surface area contributed by atoms with Crippen molar-refractivity contribution in [3.8, 4) is 5.75 Å². The summed E-state index contributed by atoms with van der Waals surface area (Å²) < 4.78 is 0. The molecule has 0 aliphatic rings. The fourth-order valence-electron chi connectivity index (χ4n) is 6.05. The van der Waals surface area contributed by atoms with Crippen LogP contribution in [-0.4, -0.2) is 133 Å². The summed E-state index contributed by atoms with van der Waals surface area (Å²) in [5.74, 6) is -9.19. The molecule has 0 saturated heterocycles. The Hall–Kier alpha value is -6.58. The molecule has 1 heterocycles. The molecule has 1 aromatic heterocycles. The number of phenols is 1. The number of aromatic nitrogens is 1. The van der Waals surface area contributed by atoms with Crippen molar-refractivity contribution in [3.05, 3.63) is 65.9 Å². The number of benzene rings is 2. The van der Waals surface area contributed by atoms with E-state index in [2.05, 4.69) is 36.9 Å². The van der Waals surface area contributed by atoms with E-state index >= 15 is 0 Å². The third kappa shape index (κ3) is 14.9. The zero-order chi connectivity index (χ0) is 45.6. The van der Waals surface area contributed by atoms with Gasteiger partial charge in [-0.3, -0.25) is 33.6 Å². The molecule has 0 bridgehead atoms. The zero-order valence-electron chi connectivity index (χ0n) is 34.0. The summed E-state index contributed by atoms with van der Waals surface area (Å²) in [5.41, 5.74) is 7.30. The molecule has 21 nitrogen and oxygen atoms in total. The fourth-order valence-corrected chi connectivity index (χ4v) is 6.05. The average molecular weight is 855 g/mol. The van der Waals surface area contributed by atoms with Gasteiger partial charge < -0.3 is 68.2 Å². The van der Waals surface area contributed by atoms with Gasteiger partial charge in [-0.05, 0) is 55.5 Å². The lowest BCUT2D eigenvalue weighted by Gasteiger charge is -2.28. The molecule has 21 heteroatoms. The van der Waals surface area contributed by atoms with E-state index in [1.165, 1.54) is 31.2 Å². The van der Waals surface area contributed by atoms with E-state index < -0.39 is 121 Å². The van der Waals surface area contributed by atoms with Gasteiger partial charge in [0.05, 0.1) is 18.8 Å². The maximum atomic E-state index is 13.8. The van der Waals surface area contributed by atoms with Gasteiger partial charge in [-0.1, -0.05) is 44.2 Å². The molecule has 8 atom stereocenters. The second-order valence-corrected chi connectivity index (χ2v) is 14.9. The molecule has 3 aromatic rings. The number of nitrogens with one attached hydrogen (secondary N) is 7. The number of carboxylic acids is 2. The largest absolute Gasteiger partial charge is 0.508 e. The maximum absolute atomic E-state index is 13.8. The third-order valence-electron chi connectivity index (χ3n) is 9.58. The number of aromatic hydroxyl groups is 1. The molecular weight excluding hydrogens is 800 g/mol. The first-order valence-corrected chi connectivity index (χ1v) is 19.4. The number of aliphatic hydroxyl groups is 2. The second kappa shape index (κ2) is 22.7. The second-order valence-electron chi connectivity index (χ2n) is 14.9. The minimum Gasteiger partial charge on any atom is -0.508 e. The zero-order valence-corrected chi connectivity index (χ0v) is 34.0. The topological polar surface area (TPSA) is 352 Å². The molecule has 3 rings (SSSR count). The highest BCUT2D eigenvalue weighted by atomic mass is 16.4. The lowest BCUT2D eigenvalue weighted by atomic mass is 10.0. The van der Waals surface area contributed by atoms with E-state index in [9.17, 15) is 63.9 Å². The van der Waals surface area contributed by atoms with Crippen LogP contribution < -0.4 is 37.6 Å². The van der Waals surface area contributed by atoms with E-state index in [0.717, 1.165) is 6.92 Å². The van der Waals surface area contributed by atoms with E-state index in [4.69, 9.17) is 5.73 Å². The van der Waals surface area contributed by atoms with E-state index in [0.29, 0.717) is 22.0 Å². The maximum Gasteiger partial charge on any atom is 0.326 e. The summed E-state index contributed by atoms with van der Waals surface area (Å²) in [7, 11) is 0. The number of amides is 6. The van der Waals surface area contributed by atoms with Gasteiger partial charge in [-0.25, -0.2) is 4.79 Å². The summed E-state index contributed by atoms with van der Waals surface area (Å²) in [6.45, 7) is 4.89. The van der Waals surface area contributed by atoms with Crippen molar-refractivity contribution in [2.24, 2.45) is 11.7 Å². The molecule has 6 amide bonds. The lowest BCUT2D eigenvalue weighted by Crippen LogP contribution is -2.61. The SMILES string of the molecule is CC(C)[C@H](NC(=O)[C@H](Cc1c[nH]c2ccccc12)NC(=O)[C@@H](NC(=O)[C@H](CCC(=O)O)NC(=O)[C@H](Cc1ccc(O)cc1)NC(=O)CNC(=O)[C@@H](N)[C@@H](C)O)[C@@H](C)O)C(=O)O. The van der Waals surface area contributed by atoms with Gasteiger partial charge in [0.1, 0.15) is 42.0 Å². The standard InChI is InChI=1S/C40H54N8O13/c1-19(2)33(40(60)61)47-37(57)29(16-23-17-42-26-8-6-5-7-25(23)26)46-39(59)34(21(4)50)48-35(55)27(13-14-31(53)54)45-36(56)28(15-22-9-11-24(51)12-10-22)44-30(52)18-43-38(58)32(41)20(3)49/h5-12,17,19-21,27-29,32-34,42,49-51H,13-16,18,41H2,1-4H3,(H,43,58)(H,44,52)(H,45,56)(H,46,59)(H,47,57)(H,48,55)(H,53,54)(H,60,61)/t20-,21-,27+,28+,29+,32+,33+,34+/m1/s1. The van der Waals surface area contributed by atoms with Crippen LogP contribution in [0.3, 0.4) is 0 Å². The number of rotatable bonds is 23. The van der Waals surface area contributed by atoms with Crippen LogP contribution in [0, 0.1) is 5.92 Å². The number of aliphatic hydroxyl groups excluding tert-OH is 2. The molecular formula is C40H54N8O13. The van der Waals surface area contributed by atoms with E-state index in [1.54, 1.807) is 44.3 Å². The number of H-pyrrole nitrogens is 1. The van der Waals surface area contributed by atoms with Crippen molar-refractivity contribution >= 4 is 58.3 Å². The number of aliphatic carboxylic acids is 2. The Balaban J connectivity index is 1.88. The highest BCUT2D eigenvalue weighted by Crippen LogP contribution is 2.20. The lowest BCUT2D eigenvalue weighted by molar-refractivity contribution is -0.143. The van der Waals surface area contributed by atoms with Gasteiger partial charge in [0.2, 0.25) is 35.4 Å². The van der Waals surface area contributed by atoms with Gasteiger partial charge in [0, 0.05) is 36.4 Å². The average Bonchev–Trinajstić information content (AvgIpc) is 3.61. The molecule has 0 aliphatic carbocycles. The fraction of sp³-hybridized carbons (Fsp3) is 0.450. The quantitative estimate of drug-likeness (QED) is 0.0486. The molecule has 61 heavy (non-hydrogen) atoms. The number of hydrogen-bond donors (Lipinski definition) is 13. The Kier molecular flexibility index (Phi) is 18.2. The molecule has 332 valence electrons. The Bertz CT molecular complexity index is 2040. The number of phenolic OH excluding ortho intramolecular Hbond substituents is 1. The van der Waals surface area contributed by atoms with Crippen molar-refractivity contribution < 1.29 is 63.9 Å². The summed E-state index contributed by atoms with van der Waals surface area (Å²) in [4.78, 5) is 107. The summed E-state index contributed by atoms with van der Waals surface area (Å²) in [6.07, 6.45) is -2.86. The molecule has 0 unspecified atom stereocenters. The number of aromatic amines is 1. The Morgan fingerprint density at radius 2 is 1.25 bits per heavy atom. The van der Waals surface area contributed by atoms with Crippen LogP contribution in [0.15, 0.2) is 54.7 Å². The number of para-hydroxylation sites is 1. The third-order valence-corrected chi connectivity index (χ3v) is 9.58. The Morgan fingerprint density at radius 1 is 0.672 bits per heavy atom. The van der Waals surface area contributed by atoms with Gasteiger partial charge in [-0.15, -0.1) is 0 Å². The summed E-state index contributed by atoms with van der Waals surface area (Å²) in [5, 5.41) is 64.2. The number of nitrogens with two attached hydrogens (primary N) is 1. The first-order valence-electron chi connectivity index (χ1n) is 19.4. The molecule has 0 spiro atoms. The normalized spacial score (nSPS) is 15.1. The van der Waals surface area contributed by atoms with E-state index in [-0.39, 0.29) is 18.6 Å². The van der Waals surface area contributed by atoms with Crippen LogP contribution in [0.1, 0.15) is 51.7 Å². The minimum atomic E-state index is -1.81. The molecule has 14 N–H and O–H groups in total. The van der Waals surface area contributed by atoms with Crippen molar-refractivity contribution in [2.45, 2.75) is 102 Å². The number of carbonyl (C=O) groups is 8. The first-order chi connectivity index (χ1) is 28.7. The van der Waals surface area contributed by atoms with Crippen LogP contribution in [0.2, 0.25) is 0 Å². The number of fused-ring (bicyclic) bond motifs is 1. The molecule has 0 radical (unpaired) electrons. The predicted molar refractivity (Wildman–Crippen MR) is 217 cm³/mol. The Morgan fingerprint density at radius 3 is 1.84 bits per heavy atom. The monoisotopic (exact) mass is 854 g/mol. The number of carboxylic acid groups (broad SMARTS) is 2. The highest BCUT2D eigenvalue weighted by Gasteiger charge is 2.35. The molecule has 0 saturated carbocycles. The predicted octanol–water partition coefficient (Wildman–Crippen LogP) is -2.11. The first kappa shape index (κ1) is 48.8. The van der Waals surface area contributed by atoms with Gasteiger partial charge in [0.15, 0.2) is 0 Å². The Labute approximate surface area is 350 Å². The molecule has 2 aromatic carbocycles. The van der Waals surface area contributed by atoms with Gasteiger partial charge in [-0.2, -0.15) is 0 Å². The van der Waals surface area contributed by atoms with Crippen LogP contribution in [-0.2, 0) is 51.2 Å². The van der Waals surface area contributed by atoms with Crippen LogP contribution in [0.25, 0.3) is 10.9 Å². The van der Waals surface area contributed by atoms with Crippen molar-refractivity contribution in [3.63, 3.8) is 0 Å². The van der Waals surface area contributed by atoms with Crippen molar-refractivity contribution in [1.82, 2.24) is 36.9 Å². The molecule has 0 fully saturated rings. The van der Waals surface area contributed by atoms with Gasteiger partial charge in [0.25, 0.3) is 0 Å². The molecule has 0 aliphatic heterocycles. The van der Waals surface area contributed by atoms with Crippen LogP contribution in [0.4, 0.5) is 0 Å². The van der Waals surface area contributed by atoms with Crippen molar-refractivity contribution in [1.29, 1.82) is 0 Å². The smallest absolute Gasteiger partial charge is 0.326 e. The van der Waals surface area contributed by atoms with E-state index in [1.807, 2.05) is 0 Å². The summed E-state index contributed by atoms with van der Waals surface area (Å²) in [6, 6.07) is 3.51. The van der Waals surface area contributed by atoms with Crippen LogP contribution >= 0.6 is 0 Å². The van der Waals surface area contributed by atoms with Gasteiger partial charge >= 0.3 is 11.9 Å². The highest BCUT2D eigenvalue weighted by molar-refractivity contribution is 5.97. The minimum absolute atomic E-state index is 0.0991. The van der Waals surface area contributed by atoms with Crippen molar-refractivity contribution in [2.75, 3.05) is 6.54 Å². The number of hydrogen-bond acceptors (Lipinski definition) is 12. The number of carbonyl (C=O) groups excluding carboxylic acids is 6.